The van der Waals surface area contributed by atoms with E-state index in [1.54, 1.807) is 25.3 Å². The average molecular weight is 231 g/mol. The van der Waals surface area contributed by atoms with Crippen LogP contribution in [0.4, 0.5) is 0 Å². The number of hydrogen-bond donors (Lipinski definition) is 1. The SMILES string of the molecule is CCOCC(O)c1ccc(Cl)cc1OC. The van der Waals surface area contributed by atoms with Gasteiger partial charge in [0.05, 0.1) is 13.7 Å². The second-order valence-electron chi connectivity index (χ2n) is 3.06. The lowest BCUT2D eigenvalue weighted by atomic mass is 10.1. The highest BCUT2D eigenvalue weighted by Gasteiger charge is 2.13. The Hall–Kier alpha value is -0.770. The highest BCUT2D eigenvalue weighted by atomic mass is 35.5. The molecule has 1 rings (SSSR count). The summed E-state index contributed by atoms with van der Waals surface area (Å²) in [6.45, 7) is 2.72. The van der Waals surface area contributed by atoms with Crippen LogP contribution in [0.3, 0.4) is 0 Å². The summed E-state index contributed by atoms with van der Waals surface area (Å²) in [6, 6.07) is 5.13. The molecule has 1 aromatic rings. The van der Waals surface area contributed by atoms with Gasteiger partial charge in [0, 0.05) is 17.2 Å². The van der Waals surface area contributed by atoms with Crippen LogP contribution in [-0.4, -0.2) is 25.4 Å². The molecule has 0 aliphatic rings. The van der Waals surface area contributed by atoms with E-state index in [0.717, 1.165) is 0 Å². The van der Waals surface area contributed by atoms with Crippen LogP contribution >= 0.6 is 11.6 Å². The molecule has 0 bridgehead atoms. The van der Waals surface area contributed by atoms with Gasteiger partial charge in [0.1, 0.15) is 11.9 Å². The van der Waals surface area contributed by atoms with Gasteiger partial charge in [-0.1, -0.05) is 17.7 Å². The zero-order valence-electron chi connectivity index (χ0n) is 8.87. The van der Waals surface area contributed by atoms with Crippen molar-refractivity contribution in [2.75, 3.05) is 20.3 Å². The summed E-state index contributed by atoms with van der Waals surface area (Å²) in [5.41, 5.74) is 0.690. The molecule has 0 aliphatic carbocycles. The van der Waals surface area contributed by atoms with Crippen LogP contribution in [0, 0.1) is 0 Å². The molecular weight excluding hydrogens is 216 g/mol. The number of hydrogen-bond acceptors (Lipinski definition) is 3. The summed E-state index contributed by atoms with van der Waals surface area (Å²) in [5.74, 6) is 0.578. The number of methoxy groups -OCH3 is 1. The van der Waals surface area contributed by atoms with E-state index < -0.39 is 6.10 Å². The molecule has 4 heteroatoms. The number of aliphatic hydroxyl groups is 1. The Labute approximate surface area is 94.6 Å². The van der Waals surface area contributed by atoms with E-state index in [4.69, 9.17) is 21.1 Å². The van der Waals surface area contributed by atoms with E-state index in [0.29, 0.717) is 22.9 Å². The van der Waals surface area contributed by atoms with Gasteiger partial charge >= 0.3 is 0 Å². The standard InChI is InChI=1S/C11H15ClO3/c1-3-15-7-10(13)9-5-4-8(12)6-11(9)14-2/h4-6,10,13H,3,7H2,1-2H3. The first-order valence-corrected chi connectivity index (χ1v) is 5.16. The van der Waals surface area contributed by atoms with E-state index in [1.807, 2.05) is 6.92 Å². The number of rotatable bonds is 5. The predicted octanol–water partition coefficient (Wildman–Crippen LogP) is 2.42. The number of ether oxygens (including phenoxy) is 2. The molecular formula is C11H15ClO3. The largest absolute Gasteiger partial charge is 0.496 e. The Kier molecular flexibility index (Phi) is 4.88. The van der Waals surface area contributed by atoms with E-state index >= 15 is 0 Å². The van der Waals surface area contributed by atoms with E-state index in [9.17, 15) is 5.11 Å². The number of halogens is 1. The van der Waals surface area contributed by atoms with Crippen molar-refractivity contribution in [2.24, 2.45) is 0 Å². The molecule has 0 saturated carbocycles. The van der Waals surface area contributed by atoms with Gasteiger partial charge in [-0.05, 0) is 19.1 Å². The highest BCUT2D eigenvalue weighted by molar-refractivity contribution is 6.30. The van der Waals surface area contributed by atoms with E-state index in [-0.39, 0.29) is 6.61 Å². The van der Waals surface area contributed by atoms with Gasteiger partial charge < -0.3 is 14.6 Å². The maximum absolute atomic E-state index is 9.81. The van der Waals surface area contributed by atoms with Crippen molar-refractivity contribution in [1.82, 2.24) is 0 Å². The molecule has 0 heterocycles. The molecule has 1 aromatic carbocycles. The molecule has 1 atom stereocenters. The summed E-state index contributed by atoms with van der Waals surface area (Å²) in [5, 5.41) is 10.4. The monoisotopic (exact) mass is 230 g/mol. The Morgan fingerprint density at radius 2 is 2.20 bits per heavy atom. The minimum Gasteiger partial charge on any atom is -0.496 e. The van der Waals surface area contributed by atoms with Crippen LogP contribution in [-0.2, 0) is 4.74 Å². The third-order valence-electron chi connectivity index (χ3n) is 2.03. The molecule has 0 aliphatic heterocycles. The summed E-state index contributed by atoms with van der Waals surface area (Å²) in [7, 11) is 1.54. The Bertz CT molecular complexity index is 315. The second-order valence-corrected chi connectivity index (χ2v) is 3.50. The predicted molar refractivity (Wildman–Crippen MR) is 59.5 cm³/mol. The molecule has 1 unspecified atom stereocenters. The molecule has 0 aromatic heterocycles. The lowest BCUT2D eigenvalue weighted by molar-refractivity contribution is 0.0407. The third-order valence-corrected chi connectivity index (χ3v) is 2.27. The van der Waals surface area contributed by atoms with Crippen molar-refractivity contribution >= 4 is 11.6 Å². The molecule has 0 radical (unpaired) electrons. The van der Waals surface area contributed by atoms with Gasteiger partial charge in [-0.15, -0.1) is 0 Å². The van der Waals surface area contributed by atoms with Gasteiger partial charge in [-0.2, -0.15) is 0 Å². The minimum atomic E-state index is -0.683. The maximum Gasteiger partial charge on any atom is 0.126 e. The van der Waals surface area contributed by atoms with Gasteiger partial charge in [0.25, 0.3) is 0 Å². The number of benzene rings is 1. The normalized spacial score (nSPS) is 12.5. The molecule has 0 saturated heterocycles. The Morgan fingerprint density at radius 1 is 1.47 bits per heavy atom. The molecule has 84 valence electrons. The quantitative estimate of drug-likeness (QED) is 0.845. The third kappa shape index (κ3) is 3.38. The fourth-order valence-electron chi connectivity index (χ4n) is 1.28. The van der Waals surface area contributed by atoms with E-state index in [2.05, 4.69) is 0 Å². The summed E-state index contributed by atoms with van der Waals surface area (Å²) < 4.78 is 10.3. The van der Waals surface area contributed by atoms with Gasteiger partial charge in [0.2, 0.25) is 0 Å². The van der Waals surface area contributed by atoms with Crippen molar-refractivity contribution in [2.45, 2.75) is 13.0 Å². The average Bonchev–Trinajstić information content (AvgIpc) is 2.25. The number of aliphatic hydroxyl groups excluding tert-OH is 1. The topological polar surface area (TPSA) is 38.7 Å². The van der Waals surface area contributed by atoms with Crippen molar-refractivity contribution < 1.29 is 14.6 Å². The van der Waals surface area contributed by atoms with Crippen molar-refractivity contribution in [1.29, 1.82) is 0 Å². The summed E-state index contributed by atoms with van der Waals surface area (Å²) in [6.07, 6.45) is -0.683. The summed E-state index contributed by atoms with van der Waals surface area (Å²) in [4.78, 5) is 0. The fourth-order valence-corrected chi connectivity index (χ4v) is 1.44. The lowest BCUT2D eigenvalue weighted by Gasteiger charge is -2.14. The molecule has 0 spiro atoms. The lowest BCUT2D eigenvalue weighted by Crippen LogP contribution is -2.08. The Balaban J connectivity index is 2.82. The first-order chi connectivity index (χ1) is 7.19. The zero-order chi connectivity index (χ0) is 11.3. The highest BCUT2D eigenvalue weighted by Crippen LogP contribution is 2.28. The van der Waals surface area contributed by atoms with E-state index in [1.165, 1.54) is 0 Å². The molecule has 1 N–H and O–H groups in total. The van der Waals surface area contributed by atoms with Crippen LogP contribution < -0.4 is 4.74 Å². The Morgan fingerprint density at radius 3 is 2.80 bits per heavy atom. The molecule has 0 fully saturated rings. The van der Waals surface area contributed by atoms with Crippen LogP contribution in [0.25, 0.3) is 0 Å². The zero-order valence-corrected chi connectivity index (χ0v) is 9.62. The van der Waals surface area contributed by atoms with Crippen LogP contribution in [0.5, 0.6) is 5.75 Å². The molecule has 15 heavy (non-hydrogen) atoms. The van der Waals surface area contributed by atoms with Crippen LogP contribution in [0.1, 0.15) is 18.6 Å². The fraction of sp³-hybridized carbons (Fsp3) is 0.455. The first-order valence-electron chi connectivity index (χ1n) is 4.78. The van der Waals surface area contributed by atoms with Gasteiger partial charge in [-0.25, -0.2) is 0 Å². The van der Waals surface area contributed by atoms with Crippen LogP contribution in [0.2, 0.25) is 5.02 Å². The smallest absolute Gasteiger partial charge is 0.126 e. The van der Waals surface area contributed by atoms with Gasteiger partial charge in [-0.3, -0.25) is 0 Å². The molecule has 0 amide bonds. The van der Waals surface area contributed by atoms with Crippen LogP contribution in [0.15, 0.2) is 18.2 Å². The molecule has 3 nitrogen and oxygen atoms in total. The second kappa shape index (κ2) is 5.95. The van der Waals surface area contributed by atoms with Crippen molar-refractivity contribution in [3.05, 3.63) is 28.8 Å². The minimum absolute atomic E-state index is 0.258. The van der Waals surface area contributed by atoms with Gasteiger partial charge in [0.15, 0.2) is 0 Å². The summed E-state index contributed by atoms with van der Waals surface area (Å²) >= 11 is 5.81. The van der Waals surface area contributed by atoms with Crippen molar-refractivity contribution in [3.8, 4) is 5.75 Å². The maximum atomic E-state index is 9.81. The first kappa shape index (κ1) is 12.3. The van der Waals surface area contributed by atoms with Crippen molar-refractivity contribution in [3.63, 3.8) is 0 Å².